The predicted octanol–water partition coefficient (Wildman–Crippen LogP) is 3.41. The highest BCUT2D eigenvalue weighted by Crippen LogP contribution is 2.39. The van der Waals surface area contributed by atoms with Crippen LogP contribution < -0.4 is 15.2 Å². The lowest BCUT2D eigenvalue weighted by Gasteiger charge is -2.38. The zero-order valence-corrected chi connectivity index (χ0v) is 16.3. The topological polar surface area (TPSA) is 86.9 Å². The van der Waals surface area contributed by atoms with Gasteiger partial charge in [-0.05, 0) is 23.3 Å². The lowest BCUT2D eigenvalue weighted by Crippen LogP contribution is -2.43. The van der Waals surface area contributed by atoms with Gasteiger partial charge in [-0.2, -0.15) is 0 Å². The highest BCUT2D eigenvalue weighted by molar-refractivity contribution is 7.17. The molecule has 2 aromatic carbocycles. The van der Waals surface area contributed by atoms with Crippen molar-refractivity contribution in [3.8, 4) is 11.5 Å². The van der Waals surface area contributed by atoms with Gasteiger partial charge in [0, 0.05) is 0 Å². The number of nitrogen functional groups attached to an aromatic ring is 1. The summed E-state index contributed by atoms with van der Waals surface area (Å²) < 4.78 is 17.3. The summed E-state index contributed by atoms with van der Waals surface area (Å²) in [6.45, 7) is 1.11. The molecule has 1 saturated heterocycles. The average Bonchev–Trinajstić information content (AvgIpc) is 3.41. The number of rotatable bonds is 3. The number of carbonyl (C=O) groups excluding carboxylic acids is 1. The van der Waals surface area contributed by atoms with Crippen molar-refractivity contribution in [2.45, 2.75) is 12.2 Å². The second-order valence-electron chi connectivity index (χ2n) is 6.91. The summed E-state index contributed by atoms with van der Waals surface area (Å²) in [5, 5.41) is 0.383. The van der Waals surface area contributed by atoms with Crippen LogP contribution in [-0.2, 0) is 4.74 Å². The zero-order valence-electron chi connectivity index (χ0n) is 15.5. The van der Waals surface area contributed by atoms with Crippen LogP contribution in [0.15, 0.2) is 54.7 Å². The van der Waals surface area contributed by atoms with E-state index in [9.17, 15) is 4.79 Å². The third-order valence-corrected chi connectivity index (χ3v) is 5.88. The molecule has 3 heterocycles. The monoisotopic (exact) mass is 409 g/mol. The summed E-state index contributed by atoms with van der Waals surface area (Å²) in [4.78, 5) is 19.4. The summed E-state index contributed by atoms with van der Waals surface area (Å²) in [7, 11) is 0. The van der Waals surface area contributed by atoms with E-state index in [1.54, 1.807) is 0 Å². The van der Waals surface area contributed by atoms with E-state index in [1.165, 1.54) is 17.5 Å². The molecule has 2 N–H and O–H groups in total. The normalized spacial score (nSPS) is 20.6. The van der Waals surface area contributed by atoms with Gasteiger partial charge < -0.3 is 24.8 Å². The Morgan fingerprint density at radius 1 is 1.03 bits per heavy atom. The molecule has 1 amide bonds. The second-order valence-corrected chi connectivity index (χ2v) is 7.97. The van der Waals surface area contributed by atoms with Crippen LogP contribution >= 0.6 is 11.3 Å². The van der Waals surface area contributed by atoms with Crippen molar-refractivity contribution in [3.63, 3.8) is 0 Å². The Bertz CT molecular complexity index is 1040. The van der Waals surface area contributed by atoms with E-state index in [1.807, 2.05) is 53.4 Å². The third-order valence-electron chi connectivity index (χ3n) is 5.06. The molecule has 0 spiro atoms. The van der Waals surface area contributed by atoms with Gasteiger partial charge in [-0.25, -0.2) is 4.98 Å². The zero-order chi connectivity index (χ0) is 19.8. The van der Waals surface area contributed by atoms with Crippen LogP contribution in [0.4, 0.5) is 5.13 Å². The first kappa shape index (κ1) is 18.0. The smallest absolute Gasteiger partial charge is 0.265 e. The maximum Gasteiger partial charge on any atom is 0.265 e. The lowest BCUT2D eigenvalue weighted by atomic mass is 10.0. The summed E-state index contributed by atoms with van der Waals surface area (Å²) in [6.07, 6.45) is 0.998. The maximum atomic E-state index is 13.1. The van der Waals surface area contributed by atoms with E-state index >= 15 is 0 Å². The van der Waals surface area contributed by atoms with Crippen LogP contribution in [-0.4, -0.2) is 35.7 Å². The molecule has 1 aromatic heterocycles. The fourth-order valence-electron chi connectivity index (χ4n) is 3.62. The van der Waals surface area contributed by atoms with Crippen LogP contribution in [0, 0.1) is 0 Å². The largest absolute Gasteiger partial charge is 0.454 e. The SMILES string of the molecule is Nc1ncc(C(=O)N2C[C@@H](c3ccccc3)O[C@@H](c3ccc4c(c3)OCO4)C2)s1. The lowest BCUT2D eigenvalue weighted by molar-refractivity contribution is -0.0796. The average molecular weight is 409 g/mol. The summed E-state index contributed by atoms with van der Waals surface area (Å²) >= 11 is 1.20. The van der Waals surface area contributed by atoms with Crippen molar-refractivity contribution in [1.29, 1.82) is 0 Å². The molecule has 0 radical (unpaired) electrons. The summed E-state index contributed by atoms with van der Waals surface area (Å²) in [6, 6.07) is 15.7. The van der Waals surface area contributed by atoms with E-state index in [0.717, 1.165) is 16.9 Å². The summed E-state index contributed by atoms with van der Waals surface area (Å²) in [5.74, 6) is 1.33. The van der Waals surface area contributed by atoms with Crippen LogP contribution in [0.2, 0.25) is 0 Å². The van der Waals surface area contributed by atoms with Crippen molar-refractivity contribution >= 4 is 22.4 Å². The molecule has 8 heteroatoms. The molecule has 29 heavy (non-hydrogen) atoms. The van der Waals surface area contributed by atoms with Gasteiger partial charge in [0.05, 0.1) is 19.3 Å². The minimum atomic E-state index is -0.294. The molecule has 0 unspecified atom stereocenters. The van der Waals surface area contributed by atoms with E-state index in [4.69, 9.17) is 19.9 Å². The number of ether oxygens (including phenoxy) is 3. The highest BCUT2D eigenvalue weighted by atomic mass is 32.1. The molecule has 5 rings (SSSR count). The van der Waals surface area contributed by atoms with Crippen LogP contribution in [0.25, 0.3) is 0 Å². The number of benzene rings is 2. The Morgan fingerprint density at radius 3 is 2.55 bits per heavy atom. The van der Waals surface area contributed by atoms with Gasteiger partial charge in [0.25, 0.3) is 5.91 Å². The standard InChI is InChI=1S/C21H19N3O4S/c22-21-23-9-19(29-21)20(25)24-10-17(13-4-2-1-3-5-13)28-18(11-24)14-6-7-15-16(8-14)27-12-26-15/h1-9,17-18H,10-12H2,(H2,22,23)/t17-,18+/m0/s1. The molecule has 2 aliphatic rings. The van der Waals surface area contributed by atoms with Gasteiger partial charge in [0.15, 0.2) is 16.6 Å². The Hall–Kier alpha value is -3.10. The van der Waals surface area contributed by atoms with Crippen molar-refractivity contribution in [2.24, 2.45) is 0 Å². The molecule has 2 aliphatic heterocycles. The molecule has 2 atom stereocenters. The van der Waals surface area contributed by atoms with E-state index in [0.29, 0.717) is 28.8 Å². The number of carbonyl (C=O) groups is 1. The van der Waals surface area contributed by atoms with Gasteiger partial charge in [-0.15, -0.1) is 0 Å². The van der Waals surface area contributed by atoms with E-state index < -0.39 is 0 Å². The first-order chi connectivity index (χ1) is 14.2. The van der Waals surface area contributed by atoms with Gasteiger partial charge in [-0.1, -0.05) is 47.7 Å². The molecule has 1 fully saturated rings. The molecule has 7 nitrogen and oxygen atoms in total. The number of nitrogens with two attached hydrogens (primary N) is 1. The number of aromatic nitrogens is 1. The van der Waals surface area contributed by atoms with Crippen molar-refractivity contribution in [2.75, 3.05) is 25.6 Å². The predicted molar refractivity (Wildman–Crippen MR) is 108 cm³/mol. The highest BCUT2D eigenvalue weighted by Gasteiger charge is 2.34. The molecule has 0 bridgehead atoms. The number of amides is 1. The number of nitrogens with zero attached hydrogens (tertiary/aromatic N) is 2. The van der Waals surface area contributed by atoms with Crippen molar-refractivity contribution in [1.82, 2.24) is 9.88 Å². The number of hydrogen-bond acceptors (Lipinski definition) is 7. The maximum absolute atomic E-state index is 13.1. The van der Waals surface area contributed by atoms with Gasteiger partial charge in [0.2, 0.25) is 6.79 Å². The van der Waals surface area contributed by atoms with E-state index in [-0.39, 0.29) is 24.9 Å². The molecule has 0 aliphatic carbocycles. The molecule has 0 saturated carbocycles. The van der Waals surface area contributed by atoms with Crippen LogP contribution in [0.5, 0.6) is 11.5 Å². The Morgan fingerprint density at radius 2 is 1.79 bits per heavy atom. The minimum absolute atomic E-state index is 0.0887. The summed E-state index contributed by atoms with van der Waals surface area (Å²) in [5.41, 5.74) is 7.69. The molecule has 148 valence electrons. The molecular formula is C21H19N3O4S. The minimum Gasteiger partial charge on any atom is -0.454 e. The Labute approximate surface area is 171 Å². The van der Waals surface area contributed by atoms with Crippen molar-refractivity contribution in [3.05, 3.63) is 70.7 Å². The number of thiazole rings is 1. The Balaban J connectivity index is 1.46. The van der Waals surface area contributed by atoms with Gasteiger partial charge in [0.1, 0.15) is 17.1 Å². The first-order valence-electron chi connectivity index (χ1n) is 9.28. The van der Waals surface area contributed by atoms with Crippen molar-refractivity contribution < 1.29 is 19.0 Å². The fourth-order valence-corrected chi connectivity index (χ4v) is 4.27. The number of hydrogen-bond donors (Lipinski definition) is 1. The number of morpholine rings is 1. The Kier molecular flexibility index (Phi) is 4.57. The fraction of sp³-hybridized carbons (Fsp3) is 0.238. The first-order valence-corrected chi connectivity index (χ1v) is 10.1. The number of fused-ring (bicyclic) bond motifs is 1. The quantitative estimate of drug-likeness (QED) is 0.713. The van der Waals surface area contributed by atoms with Crippen LogP contribution in [0.3, 0.4) is 0 Å². The second kappa shape index (κ2) is 7.38. The molecule has 3 aromatic rings. The van der Waals surface area contributed by atoms with Crippen LogP contribution in [0.1, 0.15) is 33.0 Å². The number of anilines is 1. The van der Waals surface area contributed by atoms with Gasteiger partial charge in [-0.3, -0.25) is 4.79 Å². The van der Waals surface area contributed by atoms with Gasteiger partial charge >= 0.3 is 0 Å². The molecular weight excluding hydrogens is 390 g/mol. The van der Waals surface area contributed by atoms with E-state index in [2.05, 4.69) is 4.98 Å². The third kappa shape index (κ3) is 3.52.